The van der Waals surface area contributed by atoms with Crippen LogP contribution in [0.15, 0.2) is 188 Å². The van der Waals surface area contributed by atoms with Gasteiger partial charge in [0.2, 0.25) is 0 Å². The first-order valence-corrected chi connectivity index (χ1v) is 22.1. The maximum absolute atomic E-state index is 13.7. The van der Waals surface area contributed by atoms with Crippen LogP contribution in [0.2, 0.25) is 0 Å². The van der Waals surface area contributed by atoms with Crippen LogP contribution < -0.4 is 29.2 Å². The summed E-state index contributed by atoms with van der Waals surface area (Å²) in [5.41, 5.74) is 5.31. The Balaban J connectivity index is 0.750. The number of hydrogen-bond donors (Lipinski definition) is 1. The van der Waals surface area contributed by atoms with Gasteiger partial charge in [0.25, 0.3) is 23.6 Å². The molecule has 0 radical (unpaired) electrons. The molecule has 0 spiro atoms. The molecule has 4 amide bonds. The fourth-order valence-corrected chi connectivity index (χ4v) is 8.52. The van der Waals surface area contributed by atoms with Gasteiger partial charge in [0, 0.05) is 10.8 Å². The molecule has 2 heterocycles. The maximum atomic E-state index is 13.7. The van der Waals surface area contributed by atoms with Crippen molar-refractivity contribution in [1.82, 2.24) is 5.32 Å². The molecule has 2 aliphatic heterocycles. The van der Waals surface area contributed by atoms with E-state index in [1.807, 2.05) is 103 Å². The zero-order valence-electron chi connectivity index (χ0n) is 37.6. The SMILES string of the molecule is CC(C)(c1ccc(Oc2ccccc2)cc1)c1ccc(Oc2ccc(N3C(=O)c4ccc(Oc5ccc(C(C)(C)c6ccc(Oc7ccc8c(c7)C(=O)NC8=O)cc6)cc5)cc4C3=O)cc2)cc1. The first-order valence-electron chi connectivity index (χ1n) is 22.1. The first-order chi connectivity index (χ1) is 32.8. The van der Waals surface area contributed by atoms with Crippen molar-refractivity contribution < 1.29 is 38.1 Å². The van der Waals surface area contributed by atoms with E-state index in [4.69, 9.17) is 18.9 Å². The highest BCUT2D eigenvalue weighted by Gasteiger charge is 2.37. The number of carbonyl (C=O) groups is 4. The fraction of sp³-hybridized carbons (Fsp3) is 0.103. The number of amides is 4. The van der Waals surface area contributed by atoms with Crippen LogP contribution in [0.5, 0.6) is 46.0 Å². The molecule has 10 nitrogen and oxygen atoms in total. The summed E-state index contributed by atoms with van der Waals surface area (Å²) in [5, 5.41) is 2.29. The van der Waals surface area contributed by atoms with Crippen molar-refractivity contribution in [3.05, 3.63) is 233 Å². The van der Waals surface area contributed by atoms with Crippen LogP contribution in [0.4, 0.5) is 5.69 Å². The van der Waals surface area contributed by atoms with Gasteiger partial charge in [0.15, 0.2) is 0 Å². The average molecular weight is 897 g/mol. The number of fused-ring (bicyclic) bond motifs is 2. The lowest BCUT2D eigenvalue weighted by molar-refractivity contribution is 0.0874. The predicted octanol–water partition coefficient (Wildman–Crippen LogP) is 13.2. The van der Waals surface area contributed by atoms with Crippen molar-refractivity contribution in [1.29, 1.82) is 0 Å². The largest absolute Gasteiger partial charge is 0.457 e. The summed E-state index contributed by atoms with van der Waals surface area (Å²) in [5.74, 6) is 3.12. The molecule has 0 bridgehead atoms. The van der Waals surface area contributed by atoms with Crippen LogP contribution in [-0.4, -0.2) is 23.6 Å². The summed E-state index contributed by atoms with van der Waals surface area (Å²) >= 11 is 0. The number of nitrogens with zero attached hydrogens (tertiary/aromatic N) is 1. The molecule has 0 atom stereocenters. The number of carbonyl (C=O) groups excluding carboxylic acids is 4. The minimum atomic E-state index is -0.439. The molecular weight excluding hydrogens is 853 g/mol. The highest BCUT2D eigenvalue weighted by molar-refractivity contribution is 6.34. The molecular formula is C58H44N2O8. The molecule has 0 saturated carbocycles. The molecule has 1 N–H and O–H groups in total. The Labute approximate surface area is 393 Å². The van der Waals surface area contributed by atoms with Crippen LogP contribution in [0.1, 0.15) is 91.4 Å². The zero-order valence-corrected chi connectivity index (χ0v) is 37.6. The molecule has 0 aromatic heterocycles. The van der Waals surface area contributed by atoms with Gasteiger partial charge in [-0.3, -0.25) is 24.5 Å². The van der Waals surface area contributed by atoms with Gasteiger partial charge in [-0.25, -0.2) is 4.90 Å². The summed E-state index contributed by atoms with van der Waals surface area (Å²) in [6.45, 7) is 8.60. The van der Waals surface area contributed by atoms with Crippen molar-refractivity contribution >= 4 is 29.3 Å². The second-order valence-electron chi connectivity index (χ2n) is 17.7. The number of benzene rings is 8. The minimum absolute atomic E-state index is 0.259. The van der Waals surface area contributed by atoms with Crippen molar-refractivity contribution in [2.24, 2.45) is 0 Å². The lowest BCUT2D eigenvalue weighted by Crippen LogP contribution is -2.29. The van der Waals surface area contributed by atoms with E-state index in [1.165, 1.54) is 4.90 Å². The third kappa shape index (κ3) is 8.35. The van der Waals surface area contributed by atoms with E-state index in [2.05, 4.69) is 57.3 Å². The predicted molar refractivity (Wildman–Crippen MR) is 259 cm³/mol. The smallest absolute Gasteiger partial charge is 0.266 e. The van der Waals surface area contributed by atoms with Gasteiger partial charge in [-0.2, -0.15) is 0 Å². The van der Waals surface area contributed by atoms with Crippen molar-refractivity contribution in [2.75, 3.05) is 4.90 Å². The van der Waals surface area contributed by atoms with Crippen LogP contribution in [0.3, 0.4) is 0 Å². The van der Waals surface area contributed by atoms with E-state index in [0.717, 1.165) is 33.8 Å². The number of para-hydroxylation sites is 1. The molecule has 2 aliphatic rings. The number of imide groups is 2. The second-order valence-corrected chi connectivity index (χ2v) is 17.7. The third-order valence-corrected chi connectivity index (χ3v) is 12.7. The normalized spacial score (nSPS) is 13.2. The molecule has 0 saturated heterocycles. The quantitative estimate of drug-likeness (QED) is 0.114. The van der Waals surface area contributed by atoms with E-state index in [0.29, 0.717) is 56.9 Å². The first kappa shape index (κ1) is 43.1. The van der Waals surface area contributed by atoms with Gasteiger partial charge in [-0.1, -0.05) is 94.4 Å². The standard InChI is InChI=1S/C58H44N2O8/c1-57(2,36-10-20-42(21-11-36)65-41-8-6-5-7-9-41)37-12-22-43(23-13-37)66-46-28-18-40(19-29-46)60-55(63)50-33-31-48(35-52(50)56(60)64)68-45-26-16-39(17-27-45)58(3,4)38-14-24-44(25-15-38)67-47-30-32-49-51(34-47)54(62)59-53(49)61/h5-35H,1-4H3,(H,59,61,62). The van der Waals surface area contributed by atoms with Gasteiger partial charge in [0.1, 0.15) is 46.0 Å². The van der Waals surface area contributed by atoms with Crippen LogP contribution in [-0.2, 0) is 10.8 Å². The summed E-state index contributed by atoms with van der Waals surface area (Å²) in [6.07, 6.45) is 0. The minimum Gasteiger partial charge on any atom is -0.457 e. The zero-order chi connectivity index (χ0) is 47.2. The molecule has 8 aromatic carbocycles. The van der Waals surface area contributed by atoms with Crippen LogP contribution >= 0.6 is 0 Å². The highest BCUT2D eigenvalue weighted by Crippen LogP contribution is 2.39. The van der Waals surface area contributed by atoms with E-state index < -0.39 is 23.6 Å². The van der Waals surface area contributed by atoms with Gasteiger partial charge < -0.3 is 18.9 Å². The molecule has 0 unspecified atom stereocenters. The maximum Gasteiger partial charge on any atom is 0.266 e. The van der Waals surface area contributed by atoms with E-state index >= 15 is 0 Å². The lowest BCUT2D eigenvalue weighted by atomic mass is 9.78. The van der Waals surface area contributed by atoms with E-state index in [-0.39, 0.29) is 16.4 Å². The van der Waals surface area contributed by atoms with Gasteiger partial charge in [0.05, 0.1) is 27.9 Å². The third-order valence-electron chi connectivity index (χ3n) is 12.7. The Morgan fingerprint density at radius 1 is 0.338 bits per heavy atom. The molecule has 68 heavy (non-hydrogen) atoms. The fourth-order valence-electron chi connectivity index (χ4n) is 8.52. The summed E-state index contributed by atoms with van der Waals surface area (Å²) < 4.78 is 24.3. The Bertz CT molecular complexity index is 3240. The molecule has 8 aromatic rings. The van der Waals surface area contributed by atoms with E-state index in [9.17, 15) is 19.2 Å². The number of nitrogens with one attached hydrogen (secondary N) is 1. The van der Waals surface area contributed by atoms with Crippen molar-refractivity contribution in [3.63, 3.8) is 0 Å². The number of ether oxygens (including phenoxy) is 4. The summed E-state index contributed by atoms with van der Waals surface area (Å²) in [4.78, 5) is 52.5. The van der Waals surface area contributed by atoms with Crippen LogP contribution in [0.25, 0.3) is 0 Å². The highest BCUT2D eigenvalue weighted by atomic mass is 16.5. The Morgan fingerprint density at radius 3 is 1.10 bits per heavy atom. The van der Waals surface area contributed by atoms with Gasteiger partial charge in [-0.05, 0) is 144 Å². The van der Waals surface area contributed by atoms with Crippen molar-refractivity contribution in [3.8, 4) is 46.0 Å². The van der Waals surface area contributed by atoms with Gasteiger partial charge >= 0.3 is 0 Å². The van der Waals surface area contributed by atoms with Crippen molar-refractivity contribution in [2.45, 2.75) is 38.5 Å². The number of hydrogen-bond acceptors (Lipinski definition) is 8. The lowest BCUT2D eigenvalue weighted by Gasteiger charge is -2.26. The topological polar surface area (TPSA) is 120 Å². The van der Waals surface area contributed by atoms with Gasteiger partial charge in [-0.15, -0.1) is 0 Å². The Kier molecular flexibility index (Phi) is 10.9. The Hall–Kier alpha value is -8.76. The summed E-state index contributed by atoms with van der Waals surface area (Å²) in [6, 6.07) is 57.9. The summed E-state index contributed by atoms with van der Waals surface area (Å²) in [7, 11) is 0. The Morgan fingerprint density at radius 2 is 0.662 bits per heavy atom. The molecule has 10 heteroatoms. The van der Waals surface area contributed by atoms with E-state index in [1.54, 1.807) is 60.7 Å². The molecule has 0 aliphatic carbocycles. The molecule has 334 valence electrons. The van der Waals surface area contributed by atoms with Crippen LogP contribution in [0, 0.1) is 0 Å². The number of anilines is 1. The average Bonchev–Trinajstić information content (AvgIpc) is 3.78. The molecule has 10 rings (SSSR count). The molecule has 0 fully saturated rings. The monoisotopic (exact) mass is 896 g/mol. The number of rotatable bonds is 13. The second kappa shape index (κ2) is 17.2.